The highest BCUT2D eigenvalue weighted by Crippen LogP contribution is 2.20. The minimum atomic E-state index is -3.37. The van der Waals surface area contributed by atoms with Gasteiger partial charge < -0.3 is 10.6 Å². The fourth-order valence-electron chi connectivity index (χ4n) is 2.36. The standard InChI is InChI=1S/C14H23N3O2S/c1-17(2)20(18,19)14-7-3-5-13(11-14)16-12-6-4-9-15-10-8-12/h3,5,7,11-12,15-16H,4,6,8-10H2,1-2H3. The summed E-state index contributed by atoms with van der Waals surface area (Å²) in [5, 5.41) is 6.82. The number of benzene rings is 1. The Labute approximate surface area is 121 Å². The Morgan fingerprint density at radius 3 is 2.80 bits per heavy atom. The van der Waals surface area contributed by atoms with Gasteiger partial charge in [-0.2, -0.15) is 0 Å². The Morgan fingerprint density at radius 1 is 1.25 bits per heavy atom. The number of nitrogens with zero attached hydrogens (tertiary/aromatic N) is 1. The molecule has 1 aromatic rings. The number of hydrogen-bond acceptors (Lipinski definition) is 4. The average Bonchev–Trinajstić information content (AvgIpc) is 2.67. The molecule has 0 radical (unpaired) electrons. The fourth-order valence-corrected chi connectivity index (χ4v) is 3.30. The molecule has 6 heteroatoms. The van der Waals surface area contributed by atoms with Crippen LogP contribution < -0.4 is 10.6 Å². The van der Waals surface area contributed by atoms with Gasteiger partial charge in [0.2, 0.25) is 10.0 Å². The van der Waals surface area contributed by atoms with Crippen LogP contribution in [0.25, 0.3) is 0 Å². The molecule has 1 heterocycles. The normalized spacial score (nSPS) is 20.6. The summed E-state index contributed by atoms with van der Waals surface area (Å²) in [6.45, 7) is 2.07. The molecule has 0 amide bonds. The van der Waals surface area contributed by atoms with Crippen LogP contribution in [0, 0.1) is 0 Å². The summed E-state index contributed by atoms with van der Waals surface area (Å²) in [7, 11) is -0.270. The van der Waals surface area contributed by atoms with Crippen molar-refractivity contribution in [2.24, 2.45) is 0 Å². The van der Waals surface area contributed by atoms with Crippen molar-refractivity contribution >= 4 is 15.7 Å². The molecular weight excluding hydrogens is 274 g/mol. The van der Waals surface area contributed by atoms with Gasteiger partial charge in [0.05, 0.1) is 4.90 Å². The molecule has 2 rings (SSSR count). The van der Waals surface area contributed by atoms with Crippen LogP contribution in [0.3, 0.4) is 0 Å². The summed E-state index contributed by atoms with van der Waals surface area (Å²) in [6, 6.07) is 7.46. The topological polar surface area (TPSA) is 61.4 Å². The van der Waals surface area contributed by atoms with E-state index in [-0.39, 0.29) is 0 Å². The number of nitrogens with one attached hydrogen (secondary N) is 2. The molecule has 1 aliphatic heterocycles. The van der Waals surface area contributed by atoms with E-state index in [2.05, 4.69) is 10.6 Å². The Bertz CT molecular complexity index is 535. The van der Waals surface area contributed by atoms with Crippen molar-refractivity contribution in [1.82, 2.24) is 9.62 Å². The van der Waals surface area contributed by atoms with Crippen LogP contribution in [0.15, 0.2) is 29.2 Å². The zero-order valence-electron chi connectivity index (χ0n) is 12.1. The van der Waals surface area contributed by atoms with Gasteiger partial charge in [-0.25, -0.2) is 12.7 Å². The fraction of sp³-hybridized carbons (Fsp3) is 0.571. The summed E-state index contributed by atoms with van der Waals surface area (Å²) in [4.78, 5) is 0.333. The van der Waals surface area contributed by atoms with Crippen LogP contribution in [0.1, 0.15) is 19.3 Å². The first-order valence-electron chi connectivity index (χ1n) is 7.00. The van der Waals surface area contributed by atoms with Gasteiger partial charge in [0.1, 0.15) is 0 Å². The molecule has 1 atom stereocenters. The lowest BCUT2D eigenvalue weighted by molar-refractivity contribution is 0.520. The smallest absolute Gasteiger partial charge is 0.242 e. The van der Waals surface area contributed by atoms with Crippen LogP contribution in [-0.4, -0.2) is 45.9 Å². The highest BCUT2D eigenvalue weighted by molar-refractivity contribution is 7.89. The molecule has 20 heavy (non-hydrogen) atoms. The van der Waals surface area contributed by atoms with Gasteiger partial charge in [0.25, 0.3) is 0 Å². The highest BCUT2D eigenvalue weighted by atomic mass is 32.2. The SMILES string of the molecule is CN(C)S(=O)(=O)c1cccc(NC2CCCNCC2)c1. The third kappa shape index (κ3) is 3.71. The van der Waals surface area contributed by atoms with Crippen molar-refractivity contribution in [1.29, 1.82) is 0 Å². The number of sulfonamides is 1. The van der Waals surface area contributed by atoms with E-state index >= 15 is 0 Å². The molecule has 0 spiro atoms. The zero-order chi connectivity index (χ0) is 14.6. The van der Waals surface area contributed by atoms with Gasteiger partial charge in [0.15, 0.2) is 0 Å². The van der Waals surface area contributed by atoms with E-state index in [1.54, 1.807) is 32.3 Å². The number of rotatable bonds is 4. The predicted octanol–water partition coefficient (Wildman–Crippen LogP) is 1.49. The molecule has 0 aromatic heterocycles. The zero-order valence-corrected chi connectivity index (χ0v) is 12.9. The van der Waals surface area contributed by atoms with E-state index < -0.39 is 10.0 Å². The average molecular weight is 297 g/mol. The van der Waals surface area contributed by atoms with Crippen molar-refractivity contribution in [3.63, 3.8) is 0 Å². The van der Waals surface area contributed by atoms with Gasteiger partial charge in [0, 0.05) is 25.8 Å². The second-order valence-electron chi connectivity index (χ2n) is 5.34. The van der Waals surface area contributed by atoms with E-state index in [0.29, 0.717) is 10.9 Å². The van der Waals surface area contributed by atoms with Crippen LogP contribution in [0.2, 0.25) is 0 Å². The van der Waals surface area contributed by atoms with E-state index in [4.69, 9.17) is 0 Å². The molecule has 1 aromatic carbocycles. The highest BCUT2D eigenvalue weighted by Gasteiger charge is 2.18. The minimum Gasteiger partial charge on any atom is -0.382 e. The summed E-state index contributed by atoms with van der Waals surface area (Å²) in [5.41, 5.74) is 0.875. The first-order chi connectivity index (χ1) is 9.50. The number of hydrogen-bond donors (Lipinski definition) is 2. The van der Waals surface area contributed by atoms with E-state index in [1.165, 1.54) is 4.31 Å². The Balaban J connectivity index is 2.13. The summed E-state index contributed by atoms with van der Waals surface area (Å²) >= 11 is 0. The molecule has 0 bridgehead atoms. The van der Waals surface area contributed by atoms with Crippen LogP contribution in [0.4, 0.5) is 5.69 Å². The van der Waals surface area contributed by atoms with E-state index in [1.807, 2.05) is 6.07 Å². The monoisotopic (exact) mass is 297 g/mol. The lowest BCUT2D eigenvalue weighted by atomic mass is 10.1. The van der Waals surface area contributed by atoms with Crippen molar-refractivity contribution in [2.75, 3.05) is 32.5 Å². The van der Waals surface area contributed by atoms with Gasteiger partial charge in [-0.05, 0) is 50.6 Å². The lowest BCUT2D eigenvalue weighted by Crippen LogP contribution is -2.23. The predicted molar refractivity (Wildman–Crippen MR) is 81.4 cm³/mol. The second kappa shape index (κ2) is 6.56. The maximum absolute atomic E-state index is 12.1. The molecule has 1 saturated heterocycles. The van der Waals surface area contributed by atoms with Crippen LogP contribution >= 0.6 is 0 Å². The molecule has 0 aliphatic carbocycles. The van der Waals surface area contributed by atoms with E-state index in [0.717, 1.165) is 38.0 Å². The molecule has 1 unspecified atom stereocenters. The van der Waals surface area contributed by atoms with Crippen LogP contribution in [-0.2, 0) is 10.0 Å². The second-order valence-corrected chi connectivity index (χ2v) is 7.49. The van der Waals surface area contributed by atoms with E-state index in [9.17, 15) is 8.42 Å². The minimum absolute atomic E-state index is 0.333. The third-order valence-corrected chi connectivity index (χ3v) is 5.37. The molecule has 1 aliphatic rings. The third-order valence-electron chi connectivity index (χ3n) is 3.56. The Kier molecular flexibility index (Phi) is 5.01. The quantitative estimate of drug-likeness (QED) is 0.884. The summed E-state index contributed by atoms with van der Waals surface area (Å²) < 4.78 is 25.5. The molecule has 1 fully saturated rings. The summed E-state index contributed by atoms with van der Waals surface area (Å²) in [5.74, 6) is 0. The maximum Gasteiger partial charge on any atom is 0.242 e. The largest absolute Gasteiger partial charge is 0.382 e. The van der Waals surface area contributed by atoms with Gasteiger partial charge in [-0.15, -0.1) is 0 Å². The molecule has 0 saturated carbocycles. The molecular formula is C14H23N3O2S. The maximum atomic E-state index is 12.1. The first-order valence-corrected chi connectivity index (χ1v) is 8.44. The summed E-state index contributed by atoms with van der Waals surface area (Å²) in [6.07, 6.45) is 3.32. The van der Waals surface area contributed by atoms with Crippen molar-refractivity contribution in [2.45, 2.75) is 30.2 Å². The molecule has 112 valence electrons. The van der Waals surface area contributed by atoms with Crippen molar-refractivity contribution in [3.8, 4) is 0 Å². The Hall–Kier alpha value is -1.11. The first kappa shape index (κ1) is 15.3. The van der Waals surface area contributed by atoms with Crippen molar-refractivity contribution < 1.29 is 8.42 Å². The number of anilines is 1. The van der Waals surface area contributed by atoms with Gasteiger partial charge in [-0.1, -0.05) is 6.07 Å². The van der Waals surface area contributed by atoms with Gasteiger partial charge >= 0.3 is 0 Å². The van der Waals surface area contributed by atoms with Crippen LogP contribution in [0.5, 0.6) is 0 Å². The van der Waals surface area contributed by atoms with Crippen molar-refractivity contribution in [3.05, 3.63) is 24.3 Å². The van der Waals surface area contributed by atoms with Gasteiger partial charge in [-0.3, -0.25) is 0 Å². The molecule has 5 nitrogen and oxygen atoms in total. The molecule has 2 N–H and O–H groups in total. The Morgan fingerprint density at radius 2 is 2.05 bits per heavy atom. The lowest BCUT2D eigenvalue weighted by Gasteiger charge is -2.18.